The Bertz CT molecular complexity index is 629. The van der Waals surface area contributed by atoms with Crippen molar-refractivity contribution in [1.29, 1.82) is 0 Å². The van der Waals surface area contributed by atoms with E-state index in [1.807, 2.05) is 20.2 Å². The minimum absolute atomic E-state index is 0.491. The van der Waals surface area contributed by atoms with Gasteiger partial charge in [-0.1, -0.05) is 12.1 Å². The highest BCUT2D eigenvalue weighted by Crippen LogP contribution is 2.19. The van der Waals surface area contributed by atoms with Crippen molar-refractivity contribution in [3.63, 3.8) is 0 Å². The van der Waals surface area contributed by atoms with E-state index in [2.05, 4.69) is 43.3 Å². The molecule has 4 heteroatoms. The Morgan fingerprint density at radius 2 is 1.86 bits per heavy atom. The van der Waals surface area contributed by atoms with Crippen molar-refractivity contribution >= 4 is 0 Å². The van der Waals surface area contributed by atoms with Gasteiger partial charge in [-0.3, -0.25) is 4.68 Å². The number of nitrogens with zero attached hydrogens (tertiary/aromatic N) is 2. The first-order valence-corrected chi connectivity index (χ1v) is 7.28. The largest absolute Gasteiger partial charge is 0.384 e. The molecule has 1 heterocycles. The van der Waals surface area contributed by atoms with E-state index in [9.17, 15) is 5.11 Å². The van der Waals surface area contributed by atoms with Crippen molar-refractivity contribution < 1.29 is 5.11 Å². The summed E-state index contributed by atoms with van der Waals surface area (Å²) in [6.07, 6.45) is 3.56. The van der Waals surface area contributed by atoms with Crippen LogP contribution in [-0.4, -0.2) is 21.4 Å². The second-order valence-electron chi connectivity index (χ2n) is 6.14. The van der Waals surface area contributed by atoms with Gasteiger partial charge in [0.1, 0.15) is 5.60 Å². The third kappa shape index (κ3) is 3.71. The van der Waals surface area contributed by atoms with Gasteiger partial charge in [-0.05, 0) is 49.9 Å². The van der Waals surface area contributed by atoms with Crippen LogP contribution in [0.1, 0.15) is 34.7 Å². The standard InChI is InChI=1S/C17H25N3O/c1-12-6-14(3)15(7-13(12)2)8-18-11-17(4,21)16-9-19-20(5)10-16/h6-7,9-10,18,21H,8,11H2,1-5H3. The van der Waals surface area contributed by atoms with Crippen molar-refractivity contribution in [3.05, 3.63) is 52.3 Å². The Kier molecular flexibility index (Phi) is 4.49. The molecule has 0 radical (unpaired) electrons. The third-order valence-corrected chi connectivity index (χ3v) is 4.06. The lowest BCUT2D eigenvalue weighted by Crippen LogP contribution is -2.35. The van der Waals surface area contributed by atoms with Gasteiger partial charge in [0, 0.05) is 31.9 Å². The summed E-state index contributed by atoms with van der Waals surface area (Å²) in [5.41, 5.74) is 5.10. The van der Waals surface area contributed by atoms with Crippen LogP contribution in [0.5, 0.6) is 0 Å². The first-order chi connectivity index (χ1) is 9.79. The van der Waals surface area contributed by atoms with Crippen molar-refractivity contribution in [2.45, 2.75) is 39.8 Å². The summed E-state index contributed by atoms with van der Waals surface area (Å²) in [7, 11) is 1.85. The molecular formula is C17H25N3O. The molecule has 21 heavy (non-hydrogen) atoms. The Morgan fingerprint density at radius 1 is 1.19 bits per heavy atom. The van der Waals surface area contributed by atoms with Gasteiger partial charge in [0.15, 0.2) is 0 Å². The molecule has 0 aliphatic carbocycles. The number of aliphatic hydroxyl groups is 1. The van der Waals surface area contributed by atoms with Crippen LogP contribution in [0.15, 0.2) is 24.5 Å². The first-order valence-electron chi connectivity index (χ1n) is 7.28. The molecule has 0 aliphatic rings. The molecular weight excluding hydrogens is 262 g/mol. The average Bonchev–Trinajstić information content (AvgIpc) is 2.83. The number of rotatable bonds is 5. The highest BCUT2D eigenvalue weighted by Gasteiger charge is 2.24. The van der Waals surface area contributed by atoms with Gasteiger partial charge in [-0.15, -0.1) is 0 Å². The number of benzene rings is 1. The van der Waals surface area contributed by atoms with E-state index < -0.39 is 5.60 Å². The molecule has 0 fully saturated rings. The van der Waals surface area contributed by atoms with E-state index in [0.29, 0.717) is 6.54 Å². The second-order valence-corrected chi connectivity index (χ2v) is 6.14. The van der Waals surface area contributed by atoms with Crippen molar-refractivity contribution in [2.75, 3.05) is 6.54 Å². The zero-order chi connectivity index (χ0) is 15.6. The van der Waals surface area contributed by atoms with Crippen LogP contribution in [0.3, 0.4) is 0 Å². The monoisotopic (exact) mass is 287 g/mol. The Morgan fingerprint density at radius 3 is 2.48 bits per heavy atom. The Hall–Kier alpha value is -1.65. The maximum atomic E-state index is 10.5. The quantitative estimate of drug-likeness (QED) is 0.887. The number of hydrogen-bond donors (Lipinski definition) is 2. The summed E-state index contributed by atoms with van der Waals surface area (Å²) >= 11 is 0. The molecule has 0 aliphatic heterocycles. The molecule has 1 aromatic carbocycles. The zero-order valence-electron chi connectivity index (χ0n) is 13.6. The molecule has 0 bridgehead atoms. The summed E-state index contributed by atoms with van der Waals surface area (Å²) in [5.74, 6) is 0. The third-order valence-electron chi connectivity index (χ3n) is 4.06. The molecule has 0 saturated carbocycles. The van der Waals surface area contributed by atoms with E-state index in [4.69, 9.17) is 0 Å². The number of hydrogen-bond acceptors (Lipinski definition) is 3. The van der Waals surface area contributed by atoms with Crippen LogP contribution in [0.4, 0.5) is 0 Å². The Balaban J connectivity index is 1.99. The van der Waals surface area contributed by atoms with Gasteiger partial charge in [0.25, 0.3) is 0 Å². The number of aromatic nitrogens is 2. The minimum atomic E-state index is -0.915. The van der Waals surface area contributed by atoms with Gasteiger partial charge >= 0.3 is 0 Å². The summed E-state index contributed by atoms with van der Waals surface area (Å²) in [6, 6.07) is 4.43. The highest BCUT2D eigenvalue weighted by molar-refractivity contribution is 5.36. The smallest absolute Gasteiger partial charge is 0.102 e. The fourth-order valence-corrected chi connectivity index (χ4v) is 2.45. The fraction of sp³-hybridized carbons (Fsp3) is 0.471. The predicted molar refractivity (Wildman–Crippen MR) is 85.1 cm³/mol. The molecule has 1 atom stereocenters. The molecule has 0 saturated heterocycles. The van der Waals surface area contributed by atoms with Crippen LogP contribution in [0, 0.1) is 20.8 Å². The second kappa shape index (κ2) is 6.00. The molecule has 0 spiro atoms. The lowest BCUT2D eigenvalue weighted by Gasteiger charge is -2.23. The highest BCUT2D eigenvalue weighted by atomic mass is 16.3. The maximum absolute atomic E-state index is 10.5. The van der Waals surface area contributed by atoms with E-state index in [-0.39, 0.29) is 0 Å². The van der Waals surface area contributed by atoms with Gasteiger partial charge < -0.3 is 10.4 Å². The molecule has 2 rings (SSSR count). The number of aryl methyl sites for hydroxylation is 4. The maximum Gasteiger partial charge on any atom is 0.102 e. The molecule has 0 amide bonds. The van der Waals surface area contributed by atoms with Gasteiger partial charge in [0.05, 0.1) is 6.20 Å². The molecule has 2 N–H and O–H groups in total. The lowest BCUT2D eigenvalue weighted by molar-refractivity contribution is 0.0566. The fourth-order valence-electron chi connectivity index (χ4n) is 2.45. The predicted octanol–water partition coefficient (Wildman–Crippen LogP) is 2.34. The SMILES string of the molecule is Cc1cc(C)c(CNCC(C)(O)c2cnn(C)c2)cc1C. The molecule has 114 valence electrons. The summed E-state index contributed by atoms with van der Waals surface area (Å²) in [4.78, 5) is 0. The van der Waals surface area contributed by atoms with Crippen LogP contribution < -0.4 is 5.32 Å². The van der Waals surface area contributed by atoms with Crippen LogP contribution in [0.25, 0.3) is 0 Å². The average molecular weight is 287 g/mol. The molecule has 2 aromatic rings. The van der Waals surface area contributed by atoms with Crippen LogP contribution in [0.2, 0.25) is 0 Å². The first kappa shape index (κ1) is 15.7. The van der Waals surface area contributed by atoms with E-state index in [1.54, 1.807) is 10.9 Å². The van der Waals surface area contributed by atoms with E-state index in [0.717, 1.165) is 12.1 Å². The van der Waals surface area contributed by atoms with Gasteiger partial charge in [-0.25, -0.2) is 0 Å². The molecule has 4 nitrogen and oxygen atoms in total. The minimum Gasteiger partial charge on any atom is -0.384 e. The van der Waals surface area contributed by atoms with Crippen molar-refractivity contribution in [1.82, 2.24) is 15.1 Å². The molecule has 1 aromatic heterocycles. The summed E-state index contributed by atoms with van der Waals surface area (Å²) < 4.78 is 1.71. The number of nitrogens with one attached hydrogen (secondary N) is 1. The van der Waals surface area contributed by atoms with E-state index >= 15 is 0 Å². The Labute approximate surface area is 126 Å². The van der Waals surface area contributed by atoms with Crippen LogP contribution in [-0.2, 0) is 19.2 Å². The van der Waals surface area contributed by atoms with Crippen molar-refractivity contribution in [3.8, 4) is 0 Å². The van der Waals surface area contributed by atoms with E-state index in [1.165, 1.54) is 22.3 Å². The normalized spacial score (nSPS) is 14.2. The van der Waals surface area contributed by atoms with Crippen LogP contribution >= 0.6 is 0 Å². The van der Waals surface area contributed by atoms with Gasteiger partial charge in [-0.2, -0.15) is 5.10 Å². The summed E-state index contributed by atoms with van der Waals surface area (Å²) in [6.45, 7) is 9.44. The topological polar surface area (TPSA) is 50.1 Å². The van der Waals surface area contributed by atoms with Gasteiger partial charge in [0.2, 0.25) is 0 Å². The lowest BCUT2D eigenvalue weighted by atomic mass is 9.98. The summed E-state index contributed by atoms with van der Waals surface area (Å²) in [5, 5.41) is 18.0. The molecule has 1 unspecified atom stereocenters. The van der Waals surface area contributed by atoms with Crippen molar-refractivity contribution in [2.24, 2.45) is 7.05 Å². The zero-order valence-corrected chi connectivity index (χ0v) is 13.6.